The van der Waals surface area contributed by atoms with Crippen molar-refractivity contribution in [2.24, 2.45) is 0 Å². The molecule has 0 spiro atoms. The molecule has 6 heteroatoms. The minimum absolute atomic E-state index is 0.0366. The zero-order valence-electron chi connectivity index (χ0n) is 15.4. The molecule has 1 aliphatic heterocycles. The predicted molar refractivity (Wildman–Crippen MR) is 95.3 cm³/mol. The van der Waals surface area contributed by atoms with Gasteiger partial charge in [-0.2, -0.15) is 0 Å². The zero-order valence-corrected chi connectivity index (χ0v) is 15.4. The van der Waals surface area contributed by atoms with E-state index in [1.54, 1.807) is 12.0 Å². The van der Waals surface area contributed by atoms with E-state index in [9.17, 15) is 9.59 Å². The lowest BCUT2D eigenvalue weighted by Gasteiger charge is -2.38. The van der Waals surface area contributed by atoms with Crippen molar-refractivity contribution in [3.63, 3.8) is 0 Å². The van der Waals surface area contributed by atoms with Crippen molar-refractivity contribution in [1.29, 1.82) is 0 Å². The number of methoxy groups -OCH3 is 1. The fraction of sp³-hybridized carbons (Fsp3) is 0.579. The summed E-state index contributed by atoms with van der Waals surface area (Å²) in [5, 5.41) is 0. The van der Waals surface area contributed by atoms with E-state index in [2.05, 4.69) is 0 Å². The monoisotopic (exact) mass is 348 g/mol. The van der Waals surface area contributed by atoms with Gasteiger partial charge in [0.2, 0.25) is 11.8 Å². The Hall–Kier alpha value is -1.92. The van der Waals surface area contributed by atoms with Crippen LogP contribution < -0.4 is 0 Å². The van der Waals surface area contributed by atoms with Gasteiger partial charge in [0, 0.05) is 33.3 Å². The zero-order chi connectivity index (χ0) is 18.3. The number of carbonyl (C=O) groups is 2. The molecule has 25 heavy (non-hydrogen) atoms. The molecule has 6 nitrogen and oxygen atoms in total. The average molecular weight is 348 g/mol. The molecule has 0 bridgehead atoms. The molecule has 1 heterocycles. The quantitative estimate of drug-likeness (QED) is 0.697. The molecule has 1 aromatic rings. The standard InChI is InChI=1S/C19H28N2O4/c1-19(2,16-7-5-4-6-8-16)18(23)21-11-9-20(10-12-21)17(22)15-25-14-13-24-3/h4-8H,9-15H2,1-3H3. The van der Waals surface area contributed by atoms with E-state index in [1.807, 2.05) is 49.1 Å². The average Bonchev–Trinajstić information content (AvgIpc) is 2.65. The topological polar surface area (TPSA) is 59.1 Å². The maximum absolute atomic E-state index is 12.9. The molecule has 2 amide bonds. The Balaban J connectivity index is 1.85. The summed E-state index contributed by atoms with van der Waals surface area (Å²) in [5.41, 5.74) is 0.432. The molecule has 1 aliphatic rings. The third-order valence-corrected chi connectivity index (χ3v) is 4.61. The first-order chi connectivity index (χ1) is 12.0. The molecule has 0 atom stereocenters. The van der Waals surface area contributed by atoms with Gasteiger partial charge in [0.25, 0.3) is 0 Å². The molecule has 1 fully saturated rings. The number of hydrogen-bond acceptors (Lipinski definition) is 4. The van der Waals surface area contributed by atoms with Gasteiger partial charge in [0.15, 0.2) is 0 Å². The lowest BCUT2D eigenvalue weighted by molar-refractivity contribution is -0.144. The van der Waals surface area contributed by atoms with Crippen LogP contribution >= 0.6 is 0 Å². The molecule has 0 radical (unpaired) electrons. The lowest BCUT2D eigenvalue weighted by Crippen LogP contribution is -2.54. The molecule has 0 aromatic heterocycles. The van der Waals surface area contributed by atoms with Gasteiger partial charge in [-0.25, -0.2) is 0 Å². The normalized spacial score (nSPS) is 15.3. The van der Waals surface area contributed by atoms with Gasteiger partial charge in [-0.1, -0.05) is 30.3 Å². The number of carbonyl (C=O) groups excluding carboxylic acids is 2. The largest absolute Gasteiger partial charge is 0.382 e. The van der Waals surface area contributed by atoms with Gasteiger partial charge >= 0.3 is 0 Å². The Labute approximate surface area is 149 Å². The van der Waals surface area contributed by atoms with Gasteiger partial charge in [0.05, 0.1) is 18.6 Å². The Kier molecular flexibility index (Phi) is 6.96. The van der Waals surface area contributed by atoms with Crippen LogP contribution in [-0.4, -0.2) is 74.7 Å². The van der Waals surface area contributed by atoms with E-state index >= 15 is 0 Å². The fourth-order valence-corrected chi connectivity index (χ4v) is 2.93. The Morgan fingerprint density at radius 3 is 2.20 bits per heavy atom. The number of amides is 2. The fourth-order valence-electron chi connectivity index (χ4n) is 2.93. The third-order valence-electron chi connectivity index (χ3n) is 4.61. The van der Waals surface area contributed by atoms with Crippen molar-refractivity contribution in [3.8, 4) is 0 Å². The first-order valence-electron chi connectivity index (χ1n) is 8.66. The van der Waals surface area contributed by atoms with Crippen molar-refractivity contribution in [2.45, 2.75) is 19.3 Å². The lowest BCUT2D eigenvalue weighted by atomic mass is 9.83. The predicted octanol–water partition coefficient (Wildman–Crippen LogP) is 1.30. The van der Waals surface area contributed by atoms with Crippen LogP contribution in [0.15, 0.2) is 30.3 Å². The highest BCUT2D eigenvalue weighted by Gasteiger charge is 2.35. The Morgan fingerprint density at radius 1 is 1.00 bits per heavy atom. The van der Waals surface area contributed by atoms with Crippen LogP contribution in [0.3, 0.4) is 0 Å². The van der Waals surface area contributed by atoms with Gasteiger partial charge in [-0.05, 0) is 19.4 Å². The minimum Gasteiger partial charge on any atom is -0.382 e. The van der Waals surface area contributed by atoms with Crippen LogP contribution in [0.2, 0.25) is 0 Å². The highest BCUT2D eigenvalue weighted by molar-refractivity contribution is 5.87. The molecule has 0 saturated carbocycles. The molecular formula is C19H28N2O4. The maximum Gasteiger partial charge on any atom is 0.248 e. The van der Waals surface area contributed by atoms with E-state index in [4.69, 9.17) is 9.47 Å². The second-order valence-corrected chi connectivity index (χ2v) is 6.71. The molecule has 0 aliphatic carbocycles. The van der Waals surface area contributed by atoms with E-state index < -0.39 is 5.41 Å². The van der Waals surface area contributed by atoms with Crippen molar-refractivity contribution in [3.05, 3.63) is 35.9 Å². The van der Waals surface area contributed by atoms with E-state index in [0.29, 0.717) is 39.4 Å². The summed E-state index contributed by atoms with van der Waals surface area (Å²) in [6.45, 7) is 7.05. The summed E-state index contributed by atoms with van der Waals surface area (Å²) < 4.78 is 10.2. The molecule has 138 valence electrons. The number of rotatable bonds is 7. The van der Waals surface area contributed by atoms with Crippen LogP contribution in [-0.2, 0) is 24.5 Å². The number of piperazine rings is 1. The van der Waals surface area contributed by atoms with Crippen LogP contribution in [0.1, 0.15) is 19.4 Å². The second-order valence-electron chi connectivity index (χ2n) is 6.71. The number of nitrogens with zero attached hydrogens (tertiary/aromatic N) is 2. The van der Waals surface area contributed by atoms with E-state index in [1.165, 1.54) is 0 Å². The minimum atomic E-state index is -0.573. The van der Waals surface area contributed by atoms with Crippen molar-refractivity contribution < 1.29 is 19.1 Å². The maximum atomic E-state index is 12.9. The Bertz CT molecular complexity index is 566. The first-order valence-corrected chi connectivity index (χ1v) is 8.66. The van der Waals surface area contributed by atoms with Crippen molar-refractivity contribution in [2.75, 3.05) is 53.1 Å². The number of hydrogen-bond donors (Lipinski definition) is 0. The first kappa shape index (κ1) is 19.4. The highest BCUT2D eigenvalue weighted by atomic mass is 16.5. The van der Waals surface area contributed by atoms with Gasteiger partial charge < -0.3 is 19.3 Å². The van der Waals surface area contributed by atoms with Gasteiger partial charge in [-0.3, -0.25) is 9.59 Å². The van der Waals surface area contributed by atoms with Crippen LogP contribution in [0, 0.1) is 0 Å². The van der Waals surface area contributed by atoms with Gasteiger partial charge in [0.1, 0.15) is 6.61 Å². The van der Waals surface area contributed by atoms with Crippen LogP contribution in [0.5, 0.6) is 0 Å². The van der Waals surface area contributed by atoms with Gasteiger partial charge in [-0.15, -0.1) is 0 Å². The van der Waals surface area contributed by atoms with Crippen LogP contribution in [0.25, 0.3) is 0 Å². The summed E-state index contributed by atoms with van der Waals surface area (Å²) in [4.78, 5) is 28.6. The smallest absolute Gasteiger partial charge is 0.248 e. The SMILES string of the molecule is COCCOCC(=O)N1CCN(C(=O)C(C)(C)c2ccccc2)CC1. The summed E-state index contributed by atoms with van der Waals surface area (Å²) in [7, 11) is 1.60. The molecule has 0 unspecified atom stereocenters. The third kappa shape index (κ3) is 5.03. The Morgan fingerprint density at radius 2 is 1.60 bits per heavy atom. The van der Waals surface area contributed by atoms with Crippen molar-refractivity contribution in [1.82, 2.24) is 9.80 Å². The highest BCUT2D eigenvalue weighted by Crippen LogP contribution is 2.26. The molecular weight excluding hydrogens is 320 g/mol. The van der Waals surface area contributed by atoms with Crippen LogP contribution in [0.4, 0.5) is 0 Å². The summed E-state index contributed by atoms with van der Waals surface area (Å²) >= 11 is 0. The molecule has 1 aromatic carbocycles. The number of ether oxygens (including phenoxy) is 2. The summed E-state index contributed by atoms with van der Waals surface area (Å²) in [5.74, 6) is 0.0627. The van der Waals surface area contributed by atoms with Crippen molar-refractivity contribution >= 4 is 11.8 Å². The molecule has 2 rings (SSSR count). The molecule has 0 N–H and O–H groups in total. The molecule has 1 saturated heterocycles. The number of benzene rings is 1. The second kappa shape index (κ2) is 8.97. The summed E-state index contributed by atoms with van der Waals surface area (Å²) in [6, 6.07) is 9.81. The summed E-state index contributed by atoms with van der Waals surface area (Å²) in [6.07, 6.45) is 0. The van der Waals surface area contributed by atoms with E-state index in [-0.39, 0.29) is 18.4 Å². The van der Waals surface area contributed by atoms with E-state index in [0.717, 1.165) is 5.56 Å².